The Morgan fingerprint density at radius 2 is 2.31 bits per heavy atom. The molecule has 0 saturated carbocycles. The van der Waals surface area contributed by atoms with E-state index in [1.54, 1.807) is 6.33 Å². The largest absolute Gasteiger partial charge is 0.363 e. The van der Waals surface area contributed by atoms with Crippen LogP contribution in [0.15, 0.2) is 16.3 Å². The summed E-state index contributed by atoms with van der Waals surface area (Å²) in [5.41, 5.74) is 1.35. The number of halogens is 1. The number of aliphatic imine (C=N–C) groups is 1. The van der Waals surface area contributed by atoms with Gasteiger partial charge in [-0.15, -0.1) is 0 Å². The van der Waals surface area contributed by atoms with Crippen LogP contribution in [0.25, 0.3) is 11.2 Å². The van der Waals surface area contributed by atoms with E-state index in [1.807, 2.05) is 0 Å². The Labute approximate surface area is 99.9 Å². The van der Waals surface area contributed by atoms with Gasteiger partial charge in [-0.25, -0.2) is 9.97 Å². The molecule has 0 spiro atoms. The fraction of sp³-hybridized carbons (Fsp3) is 0.250. The lowest BCUT2D eigenvalue weighted by molar-refractivity contribution is 0.963. The number of aromatic amines is 1. The van der Waals surface area contributed by atoms with Crippen LogP contribution >= 0.6 is 23.4 Å². The summed E-state index contributed by atoms with van der Waals surface area (Å²) in [4.78, 5) is 19.5. The van der Waals surface area contributed by atoms with Crippen molar-refractivity contribution in [1.82, 2.24) is 25.3 Å². The number of aromatic nitrogens is 4. The van der Waals surface area contributed by atoms with Crippen LogP contribution in [0, 0.1) is 0 Å². The van der Waals surface area contributed by atoms with E-state index in [2.05, 4.69) is 30.2 Å². The van der Waals surface area contributed by atoms with Crippen molar-refractivity contribution in [2.75, 3.05) is 13.1 Å². The monoisotopic (exact) mass is 254 g/mol. The van der Waals surface area contributed by atoms with Crippen LogP contribution in [-0.4, -0.2) is 38.2 Å². The maximum absolute atomic E-state index is 5.82. The van der Waals surface area contributed by atoms with Crippen LogP contribution in [0.4, 0.5) is 0 Å². The van der Waals surface area contributed by atoms with Gasteiger partial charge in [0.2, 0.25) is 5.28 Å². The topological polar surface area (TPSA) is 78.9 Å². The molecular formula is C8H7ClN6S. The SMILES string of the molecule is Clc1nc(SC2=NCCN2)c2[nH]cnc2n1. The van der Waals surface area contributed by atoms with E-state index in [9.17, 15) is 0 Å². The van der Waals surface area contributed by atoms with Crippen molar-refractivity contribution in [2.45, 2.75) is 5.03 Å². The molecule has 6 nitrogen and oxygen atoms in total. The molecule has 0 aromatic carbocycles. The number of rotatable bonds is 1. The molecule has 0 amide bonds. The van der Waals surface area contributed by atoms with Crippen LogP contribution in [0.1, 0.15) is 0 Å². The van der Waals surface area contributed by atoms with Gasteiger partial charge in [0.25, 0.3) is 0 Å². The Balaban J connectivity index is 2.04. The Morgan fingerprint density at radius 1 is 1.38 bits per heavy atom. The summed E-state index contributed by atoms with van der Waals surface area (Å²) in [6.45, 7) is 1.67. The van der Waals surface area contributed by atoms with Gasteiger partial charge >= 0.3 is 0 Å². The molecule has 8 heteroatoms. The normalized spacial score (nSPS) is 15.2. The van der Waals surface area contributed by atoms with Crippen LogP contribution in [0.3, 0.4) is 0 Å². The van der Waals surface area contributed by atoms with Crippen LogP contribution in [0.2, 0.25) is 5.28 Å². The first-order valence-corrected chi connectivity index (χ1v) is 5.85. The zero-order chi connectivity index (χ0) is 11.0. The number of fused-ring (bicyclic) bond motifs is 1. The highest BCUT2D eigenvalue weighted by molar-refractivity contribution is 8.14. The maximum Gasteiger partial charge on any atom is 0.225 e. The first kappa shape index (κ1) is 9.86. The number of hydrogen-bond donors (Lipinski definition) is 2. The molecule has 0 bridgehead atoms. The number of H-pyrrole nitrogens is 1. The molecule has 1 aliphatic rings. The van der Waals surface area contributed by atoms with Crippen molar-refractivity contribution < 1.29 is 0 Å². The molecule has 1 aliphatic heterocycles. The molecule has 2 aromatic heterocycles. The third-order valence-corrected chi connectivity index (χ3v) is 3.19. The summed E-state index contributed by atoms with van der Waals surface area (Å²) < 4.78 is 0. The van der Waals surface area contributed by atoms with Crippen molar-refractivity contribution >= 4 is 39.7 Å². The highest BCUT2D eigenvalue weighted by atomic mass is 35.5. The van der Waals surface area contributed by atoms with E-state index in [-0.39, 0.29) is 5.28 Å². The summed E-state index contributed by atoms with van der Waals surface area (Å²) in [5, 5.41) is 4.94. The molecule has 0 unspecified atom stereocenters. The Kier molecular flexibility index (Phi) is 2.41. The van der Waals surface area contributed by atoms with Crippen molar-refractivity contribution in [3.05, 3.63) is 11.6 Å². The minimum atomic E-state index is 0.195. The van der Waals surface area contributed by atoms with Gasteiger partial charge in [-0.2, -0.15) is 4.98 Å². The van der Waals surface area contributed by atoms with Gasteiger partial charge in [-0.1, -0.05) is 0 Å². The Bertz CT molecular complexity index is 565. The minimum Gasteiger partial charge on any atom is -0.363 e. The summed E-state index contributed by atoms with van der Waals surface area (Å²) >= 11 is 7.25. The number of imidazole rings is 1. The Hall–Kier alpha value is -1.34. The smallest absolute Gasteiger partial charge is 0.225 e. The number of amidine groups is 1. The lowest BCUT2D eigenvalue weighted by atomic mass is 10.6. The van der Waals surface area contributed by atoms with Crippen LogP contribution in [0.5, 0.6) is 0 Å². The van der Waals surface area contributed by atoms with E-state index in [0.717, 1.165) is 28.8 Å². The summed E-state index contributed by atoms with van der Waals surface area (Å²) in [7, 11) is 0. The van der Waals surface area contributed by atoms with E-state index in [1.165, 1.54) is 11.8 Å². The molecule has 82 valence electrons. The summed E-state index contributed by atoms with van der Waals surface area (Å²) in [6.07, 6.45) is 1.57. The number of nitrogens with zero attached hydrogens (tertiary/aromatic N) is 4. The first-order chi connectivity index (χ1) is 7.83. The van der Waals surface area contributed by atoms with Gasteiger partial charge in [0.05, 0.1) is 12.9 Å². The molecule has 0 saturated heterocycles. The second kappa shape index (κ2) is 3.91. The zero-order valence-electron chi connectivity index (χ0n) is 8.07. The molecule has 0 aliphatic carbocycles. The molecular weight excluding hydrogens is 248 g/mol. The average Bonchev–Trinajstić information content (AvgIpc) is 2.87. The maximum atomic E-state index is 5.82. The standard InChI is InChI=1S/C8H7ClN6S/c9-7-14-5-4(12-3-13-5)6(15-7)16-8-10-1-2-11-8/h3H,1-2H2,(H,10,11)(H,12,13,14,15). The highest BCUT2D eigenvalue weighted by Crippen LogP contribution is 2.25. The van der Waals surface area contributed by atoms with Crippen molar-refractivity contribution in [3.8, 4) is 0 Å². The predicted molar refractivity (Wildman–Crippen MR) is 62.9 cm³/mol. The van der Waals surface area contributed by atoms with Gasteiger partial charge in [-0.3, -0.25) is 4.99 Å². The van der Waals surface area contributed by atoms with Gasteiger partial charge in [-0.05, 0) is 23.4 Å². The van der Waals surface area contributed by atoms with Crippen molar-refractivity contribution in [3.63, 3.8) is 0 Å². The molecule has 16 heavy (non-hydrogen) atoms. The van der Waals surface area contributed by atoms with E-state index in [0.29, 0.717) is 5.65 Å². The number of thioether (sulfide) groups is 1. The molecule has 3 rings (SSSR count). The molecule has 0 fully saturated rings. The second-order valence-corrected chi connectivity index (χ2v) is 4.43. The quantitative estimate of drug-likeness (QED) is 0.588. The van der Waals surface area contributed by atoms with Gasteiger partial charge < -0.3 is 10.3 Å². The molecule has 2 aromatic rings. The van der Waals surface area contributed by atoms with Gasteiger partial charge in [0.15, 0.2) is 10.8 Å². The zero-order valence-corrected chi connectivity index (χ0v) is 9.64. The van der Waals surface area contributed by atoms with E-state index >= 15 is 0 Å². The fourth-order valence-electron chi connectivity index (χ4n) is 1.39. The van der Waals surface area contributed by atoms with Crippen molar-refractivity contribution in [1.29, 1.82) is 0 Å². The number of hydrogen-bond acceptors (Lipinski definition) is 6. The predicted octanol–water partition coefficient (Wildman–Crippen LogP) is 1.06. The Morgan fingerprint density at radius 3 is 3.12 bits per heavy atom. The fourth-order valence-corrected chi connectivity index (χ4v) is 2.50. The van der Waals surface area contributed by atoms with Crippen LogP contribution < -0.4 is 5.32 Å². The summed E-state index contributed by atoms with van der Waals surface area (Å²) in [5.74, 6) is 0. The highest BCUT2D eigenvalue weighted by Gasteiger charge is 2.14. The van der Waals surface area contributed by atoms with Gasteiger partial charge in [0.1, 0.15) is 10.5 Å². The summed E-state index contributed by atoms with van der Waals surface area (Å²) in [6, 6.07) is 0. The van der Waals surface area contributed by atoms with Gasteiger partial charge in [0, 0.05) is 6.54 Å². The molecule has 0 atom stereocenters. The van der Waals surface area contributed by atoms with Crippen LogP contribution in [-0.2, 0) is 0 Å². The lowest BCUT2D eigenvalue weighted by Gasteiger charge is -2.02. The lowest BCUT2D eigenvalue weighted by Crippen LogP contribution is -2.15. The second-order valence-electron chi connectivity index (χ2n) is 3.11. The number of nitrogens with one attached hydrogen (secondary N) is 2. The molecule has 2 N–H and O–H groups in total. The minimum absolute atomic E-state index is 0.195. The third-order valence-electron chi connectivity index (χ3n) is 2.06. The molecule has 3 heterocycles. The molecule has 0 radical (unpaired) electrons. The third kappa shape index (κ3) is 1.72. The van der Waals surface area contributed by atoms with Crippen molar-refractivity contribution in [2.24, 2.45) is 4.99 Å². The average molecular weight is 255 g/mol. The van der Waals surface area contributed by atoms with E-state index < -0.39 is 0 Å². The first-order valence-electron chi connectivity index (χ1n) is 4.66. The van der Waals surface area contributed by atoms with E-state index in [4.69, 9.17) is 11.6 Å².